The highest BCUT2D eigenvalue weighted by Crippen LogP contribution is 2.33. The van der Waals surface area contributed by atoms with Crippen molar-refractivity contribution in [1.29, 1.82) is 0 Å². The molecule has 3 rings (SSSR count). The summed E-state index contributed by atoms with van der Waals surface area (Å²) in [5.41, 5.74) is 1.75. The summed E-state index contributed by atoms with van der Waals surface area (Å²) in [6, 6.07) is 9.20. The Bertz CT molecular complexity index is 726. The van der Waals surface area contributed by atoms with E-state index in [1.54, 1.807) is 26.5 Å². The van der Waals surface area contributed by atoms with Crippen LogP contribution in [0.25, 0.3) is 11.1 Å². The normalized spacial score (nSPS) is 14.0. The maximum atomic E-state index is 10.7. The first-order valence-electron chi connectivity index (χ1n) is 7.43. The van der Waals surface area contributed by atoms with Crippen LogP contribution in [0, 0.1) is 0 Å². The maximum Gasteiger partial charge on any atom is 0.407 e. The number of methoxy groups -OCH3 is 2. The van der Waals surface area contributed by atoms with Crippen molar-refractivity contribution >= 4 is 6.09 Å². The van der Waals surface area contributed by atoms with E-state index < -0.39 is 6.09 Å². The number of rotatable bonds is 5. The van der Waals surface area contributed by atoms with Crippen LogP contribution in [-0.2, 0) is 0 Å². The number of nitrogens with zero attached hydrogens (tertiary/aromatic N) is 2. The van der Waals surface area contributed by atoms with E-state index >= 15 is 0 Å². The second kappa shape index (κ2) is 6.66. The van der Waals surface area contributed by atoms with Gasteiger partial charge in [0.25, 0.3) is 0 Å². The second-order valence-electron chi connectivity index (χ2n) is 5.38. The van der Waals surface area contributed by atoms with Crippen molar-refractivity contribution in [1.82, 2.24) is 9.88 Å². The van der Waals surface area contributed by atoms with Crippen molar-refractivity contribution in [3.8, 4) is 28.5 Å². The molecule has 2 aromatic rings. The van der Waals surface area contributed by atoms with Gasteiger partial charge in [0.05, 0.1) is 27.3 Å². The van der Waals surface area contributed by atoms with E-state index in [9.17, 15) is 4.79 Å². The Kier molecular flexibility index (Phi) is 4.41. The molecule has 1 aromatic heterocycles. The first-order valence-corrected chi connectivity index (χ1v) is 7.43. The summed E-state index contributed by atoms with van der Waals surface area (Å²) in [7, 11) is 3.22. The molecule has 126 valence electrons. The highest BCUT2D eigenvalue weighted by Gasteiger charge is 2.32. The first-order chi connectivity index (χ1) is 11.6. The lowest BCUT2D eigenvalue weighted by Crippen LogP contribution is -2.55. The van der Waals surface area contributed by atoms with Crippen LogP contribution in [0.5, 0.6) is 17.4 Å². The molecule has 1 N–H and O–H groups in total. The quantitative estimate of drug-likeness (QED) is 0.907. The number of likely N-dealkylation sites (tertiary alicyclic amines) is 1. The summed E-state index contributed by atoms with van der Waals surface area (Å²) in [5.74, 6) is 1.92. The number of aromatic nitrogens is 1. The van der Waals surface area contributed by atoms with Gasteiger partial charge in [-0.2, -0.15) is 0 Å². The standard InChI is InChI=1S/C17H18N2O5/c1-22-12-4-5-15(23-2)14(7-12)11-3-6-16(18-8-11)24-13-9-19(10-13)17(20)21/h3-8,13H,9-10H2,1-2H3,(H,20,21). The van der Waals surface area contributed by atoms with Crippen molar-refractivity contribution in [3.63, 3.8) is 0 Å². The van der Waals surface area contributed by atoms with Crippen molar-refractivity contribution in [2.75, 3.05) is 27.3 Å². The fraction of sp³-hybridized carbons (Fsp3) is 0.294. The van der Waals surface area contributed by atoms with Gasteiger partial charge in [0.15, 0.2) is 0 Å². The summed E-state index contributed by atoms with van der Waals surface area (Å²) in [6.45, 7) is 0.727. The Morgan fingerprint density at radius 1 is 1.21 bits per heavy atom. The second-order valence-corrected chi connectivity index (χ2v) is 5.38. The van der Waals surface area contributed by atoms with Gasteiger partial charge in [-0.15, -0.1) is 0 Å². The zero-order valence-electron chi connectivity index (χ0n) is 13.4. The Balaban J connectivity index is 1.72. The van der Waals surface area contributed by atoms with Crippen LogP contribution in [0.1, 0.15) is 0 Å². The monoisotopic (exact) mass is 330 g/mol. The Morgan fingerprint density at radius 2 is 2.00 bits per heavy atom. The molecule has 7 nitrogen and oxygen atoms in total. The minimum absolute atomic E-state index is 0.147. The highest BCUT2D eigenvalue weighted by atomic mass is 16.5. The van der Waals surface area contributed by atoms with Gasteiger partial charge in [-0.3, -0.25) is 0 Å². The molecule has 1 fully saturated rings. The number of pyridine rings is 1. The van der Waals surface area contributed by atoms with Crippen LogP contribution in [0.2, 0.25) is 0 Å². The number of benzene rings is 1. The largest absolute Gasteiger partial charge is 0.497 e. The van der Waals surface area contributed by atoms with E-state index in [4.69, 9.17) is 19.3 Å². The number of carboxylic acid groups (broad SMARTS) is 1. The number of amides is 1. The molecule has 24 heavy (non-hydrogen) atoms. The molecule has 1 aromatic carbocycles. The maximum absolute atomic E-state index is 10.7. The zero-order valence-corrected chi connectivity index (χ0v) is 13.4. The molecule has 0 radical (unpaired) electrons. The van der Waals surface area contributed by atoms with E-state index in [-0.39, 0.29) is 6.10 Å². The van der Waals surface area contributed by atoms with Gasteiger partial charge in [0.2, 0.25) is 5.88 Å². The van der Waals surface area contributed by atoms with E-state index in [1.807, 2.05) is 24.3 Å². The highest BCUT2D eigenvalue weighted by molar-refractivity contribution is 5.71. The smallest absolute Gasteiger partial charge is 0.407 e. The fourth-order valence-electron chi connectivity index (χ4n) is 2.49. The van der Waals surface area contributed by atoms with Crippen molar-refractivity contribution in [3.05, 3.63) is 36.5 Å². The molecule has 0 spiro atoms. The Hall–Kier alpha value is -2.96. The van der Waals surface area contributed by atoms with Crippen molar-refractivity contribution in [2.24, 2.45) is 0 Å². The van der Waals surface area contributed by atoms with E-state index in [1.165, 1.54) is 4.90 Å². The van der Waals surface area contributed by atoms with Gasteiger partial charge in [0, 0.05) is 23.4 Å². The van der Waals surface area contributed by atoms with E-state index in [0.29, 0.717) is 19.0 Å². The van der Waals surface area contributed by atoms with Crippen LogP contribution >= 0.6 is 0 Å². The molecular weight excluding hydrogens is 312 g/mol. The molecule has 0 bridgehead atoms. The predicted molar refractivity (Wildman–Crippen MR) is 86.8 cm³/mol. The molecule has 0 aliphatic carbocycles. The summed E-state index contributed by atoms with van der Waals surface area (Å²) >= 11 is 0. The lowest BCUT2D eigenvalue weighted by Gasteiger charge is -2.36. The van der Waals surface area contributed by atoms with Gasteiger partial charge in [-0.25, -0.2) is 9.78 Å². The molecule has 0 atom stereocenters. The van der Waals surface area contributed by atoms with Gasteiger partial charge >= 0.3 is 6.09 Å². The number of carbonyl (C=O) groups is 1. The molecular formula is C17H18N2O5. The number of hydrogen-bond donors (Lipinski definition) is 1. The van der Waals surface area contributed by atoms with Gasteiger partial charge < -0.3 is 24.2 Å². The first kappa shape index (κ1) is 15.9. The van der Waals surface area contributed by atoms with Crippen LogP contribution in [0.3, 0.4) is 0 Å². The van der Waals surface area contributed by atoms with Crippen LogP contribution < -0.4 is 14.2 Å². The summed E-state index contributed by atoms with van der Waals surface area (Å²) in [4.78, 5) is 16.3. The molecule has 2 heterocycles. The van der Waals surface area contributed by atoms with Gasteiger partial charge in [-0.1, -0.05) is 0 Å². The average Bonchev–Trinajstić information content (AvgIpc) is 2.57. The van der Waals surface area contributed by atoms with E-state index in [0.717, 1.165) is 22.6 Å². The number of ether oxygens (including phenoxy) is 3. The van der Waals surface area contributed by atoms with E-state index in [2.05, 4.69) is 4.98 Å². The van der Waals surface area contributed by atoms with Crippen LogP contribution in [-0.4, -0.2) is 54.5 Å². The molecule has 0 unspecified atom stereocenters. The van der Waals surface area contributed by atoms with Crippen molar-refractivity contribution < 1.29 is 24.1 Å². The fourth-order valence-corrected chi connectivity index (χ4v) is 2.49. The Labute approximate surface area is 139 Å². The SMILES string of the molecule is COc1ccc(OC)c(-c2ccc(OC3CN(C(=O)O)C3)nc2)c1. The van der Waals surface area contributed by atoms with Gasteiger partial charge in [0.1, 0.15) is 17.6 Å². The predicted octanol–water partition coefficient (Wildman–Crippen LogP) is 2.51. The minimum atomic E-state index is -0.928. The minimum Gasteiger partial charge on any atom is -0.497 e. The molecule has 1 amide bonds. The average molecular weight is 330 g/mol. The van der Waals surface area contributed by atoms with Crippen molar-refractivity contribution in [2.45, 2.75) is 6.10 Å². The molecule has 0 saturated carbocycles. The third kappa shape index (κ3) is 3.19. The lowest BCUT2D eigenvalue weighted by atomic mass is 10.1. The van der Waals surface area contributed by atoms with Gasteiger partial charge in [-0.05, 0) is 24.3 Å². The topological polar surface area (TPSA) is 81.1 Å². The summed E-state index contributed by atoms with van der Waals surface area (Å²) in [5, 5.41) is 8.80. The third-order valence-corrected chi connectivity index (χ3v) is 3.86. The molecule has 1 saturated heterocycles. The molecule has 1 aliphatic heterocycles. The van der Waals surface area contributed by atoms with Crippen LogP contribution in [0.4, 0.5) is 4.79 Å². The molecule has 1 aliphatic rings. The zero-order chi connectivity index (χ0) is 17.1. The number of hydrogen-bond acceptors (Lipinski definition) is 5. The summed E-state index contributed by atoms with van der Waals surface area (Å²) < 4.78 is 16.3. The molecule has 7 heteroatoms. The summed E-state index contributed by atoms with van der Waals surface area (Å²) in [6.07, 6.45) is 0.620. The van der Waals surface area contributed by atoms with Crippen LogP contribution in [0.15, 0.2) is 36.5 Å². The third-order valence-electron chi connectivity index (χ3n) is 3.86. The Morgan fingerprint density at radius 3 is 2.58 bits per heavy atom. The lowest BCUT2D eigenvalue weighted by molar-refractivity contribution is 0.0228.